The van der Waals surface area contributed by atoms with E-state index in [-0.39, 0.29) is 24.3 Å². The molecule has 3 rings (SSSR count). The molecule has 1 heterocycles. The Balaban J connectivity index is 1.54. The Morgan fingerprint density at radius 1 is 0.933 bits per heavy atom. The second-order valence-electron chi connectivity index (χ2n) is 7.32. The lowest BCUT2D eigenvalue weighted by molar-refractivity contribution is -0.114. The van der Waals surface area contributed by atoms with Crippen molar-refractivity contribution in [2.24, 2.45) is 0 Å². The lowest BCUT2D eigenvalue weighted by atomic mass is 10.1. The number of carbonyl (C=O) groups is 3. The molecule has 158 valence electrons. The van der Waals surface area contributed by atoms with Crippen LogP contribution in [-0.4, -0.2) is 48.8 Å². The van der Waals surface area contributed by atoms with Crippen LogP contribution in [0, 0.1) is 0 Å². The van der Waals surface area contributed by atoms with Gasteiger partial charge in [0.1, 0.15) is 0 Å². The predicted molar refractivity (Wildman–Crippen MR) is 118 cm³/mol. The fraction of sp³-hybridized carbons (Fsp3) is 0.348. The van der Waals surface area contributed by atoms with Gasteiger partial charge in [-0.05, 0) is 55.7 Å². The number of carbonyl (C=O) groups excluding carboxylic acids is 3. The molecule has 1 fully saturated rings. The van der Waals surface area contributed by atoms with E-state index in [1.165, 1.54) is 0 Å². The number of nitrogens with one attached hydrogen (secondary N) is 3. The molecule has 30 heavy (non-hydrogen) atoms. The summed E-state index contributed by atoms with van der Waals surface area (Å²) in [4.78, 5) is 38.8. The van der Waals surface area contributed by atoms with E-state index in [2.05, 4.69) is 16.0 Å². The highest BCUT2D eigenvalue weighted by Crippen LogP contribution is 2.16. The Labute approximate surface area is 176 Å². The summed E-state index contributed by atoms with van der Waals surface area (Å²) >= 11 is 0. The van der Waals surface area contributed by atoms with Crippen molar-refractivity contribution < 1.29 is 14.4 Å². The van der Waals surface area contributed by atoms with Crippen LogP contribution in [0.1, 0.15) is 46.9 Å². The van der Waals surface area contributed by atoms with Gasteiger partial charge in [0.2, 0.25) is 5.91 Å². The van der Waals surface area contributed by atoms with E-state index in [9.17, 15) is 14.4 Å². The van der Waals surface area contributed by atoms with Crippen molar-refractivity contribution in [3.8, 4) is 0 Å². The Morgan fingerprint density at radius 3 is 2.33 bits per heavy atom. The summed E-state index contributed by atoms with van der Waals surface area (Å²) in [5.41, 5.74) is 2.39. The molecule has 1 aliphatic rings. The number of hydrogen-bond acceptors (Lipinski definition) is 4. The molecule has 7 heteroatoms. The van der Waals surface area contributed by atoms with Crippen LogP contribution < -0.4 is 16.0 Å². The average Bonchev–Trinajstić information content (AvgIpc) is 3.31. The first-order chi connectivity index (χ1) is 14.6. The van der Waals surface area contributed by atoms with E-state index in [1.807, 2.05) is 11.8 Å². The molecule has 3 N–H and O–H groups in total. The maximum Gasteiger partial charge on any atom is 0.253 e. The van der Waals surface area contributed by atoms with Gasteiger partial charge in [-0.3, -0.25) is 14.4 Å². The number of nitrogens with zero attached hydrogens (tertiary/aromatic N) is 1. The molecule has 0 bridgehead atoms. The van der Waals surface area contributed by atoms with Crippen LogP contribution in [-0.2, 0) is 4.79 Å². The molecule has 0 saturated carbocycles. The van der Waals surface area contributed by atoms with Crippen molar-refractivity contribution in [3.05, 3.63) is 59.7 Å². The SMILES string of the molecule is CCCNC(=O)c1cccc(NCC(=O)Nc2cccc(C(=O)N3CCCC3)c2)c1. The standard InChI is InChI=1S/C23H28N4O3/c1-2-11-24-22(29)17-7-5-9-19(14-17)25-16-21(28)26-20-10-6-8-18(15-20)23(30)27-12-3-4-13-27/h5-10,14-15,25H,2-4,11-13,16H2,1H3,(H,24,29)(H,26,28). The molecule has 2 aromatic rings. The lowest BCUT2D eigenvalue weighted by Gasteiger charge is -2.16. The summed E-state index contributed by atoms with van der Waals surface area (Å²) in [5, 5.41) is 8.67. The maximum absolute atomic E-state index is 12.5. The third kappa shape index (κ3) is 5.83. The summed E-state index contributed by atoms with van der Waals surface area (Å²) < 4.78 is 0. The second kappa shape index (κ2) is 10.4. The van der Waals surface area contributed by atoms with Crippen LogP contribution in [0.3, 0.4) is 0 Å². The van der Waals surface area contributed by atoms with E-state index < -0.39 is 0 Å². The van der Waals surface area contributed by atoms with E-state index >= 15 is 0 Å². The fourth-order valence-electron chi connectivity index (χ4n) is 3.33. The quantitative estimate of drug-likeness (QED) is 0.626. The molecule has 0 aliphatic carbocycles. The van der Waals surface area contributed by atoms with Crippen molar-refractivity contribution in [3.63, 3.8) is 0 Å². The monoisotopic (exact) mass is 408 g/mol. The van der Waals surface area contributed by atoms with E-state index in [0.29, 0.717) is 29.0 Å². The van der Waals surface area contributed by atoms with Crippen LogP contribution in [0.4, 0.5) is 11.4 Å². The van der Waals surface area contributed by atoms with Gasteiger partial charge in [-0.25, -0.2) is 0 Å². The van der Waals surface area contributed by atoms with Crippen LogP contribution >= 0.6 is 0 Å². The Morgan fingerprint density at radius 2 is 1.60 bits per heavy atom. The molecule has 0 atom stereocenters. The van der Waals surface area contributed by atoms with Gasteiger partial charge in [0.15, 0.2) is 0 Å². The van der Waals surface area contributed by atoms with Crippen molar-refractivity contribution in [2.75, 3.05) is 36.8 Å². The van der Waals surface area contributed by atoms with E-state index in [4.69, 9.17) is 0 Å². The van der Waals surface area contributed by atoms with Crippen LogP contribution in [0.2, 0.25) is 0 Å². The summed E-state index contributed by atoms with van der Waals surface area (Å²) in [7, 11) is 0. The summed E-state index contributed by atoms with van der Waals surface area (Å²) in [6.45, 7) is 4.24. The highest BCUT2D eigenvalue weighted by molar-refractivity contribution is 5.98. The van der Waals surface area contributed by atoms with Gasteiger partial charge < -0.3 is 20.9 Å². The molecule has 0 radical (unpaired) electrons. The summed E-state index contributed by atoms with van der Waals surface area (Å²) in [5.74, 6) is -0.370. The minimum atomic E-state index is -0.235. The van der Waals surface area contributed by atoms with Gasteiger partial charge >= 0.3 is 0 Å². The molecule has 3 amide bonds. The van der Waals surface area contributed by atoms with Crippen LogP contribution in [0.15, 0.2) is 48.5 Å². The van der Waals surface area contributed by atoms with Crippen molar-refractivity contribution in [1.82, 2.24) is 10.2 Å². The van der Waals surface area contributed by atoms with Crippen molar-refractivity contribution >= 4 is 29.1 Å². The average molecular weight is 409 g/mol. The lowest BCUT2D eigenvalue weighted by Crippen LogP contribution is -2.27. The normalized spacial score (nSPS) is 13.0. The zero-order valence-corrected chi connectivity index (χ0v) is 17.2. The molecule has 0 aromatic heterocycles. The molecule has 2 aromatic carbocycles. The number of benzene rings is 2. The first kappa shape index (κ1) is 21.4. The minimum absolute atomic E-state index is 0.000103. The third-order valence-electron chi connectivity index (χ3n) is 4.90. The number of amides is 3. The molecule has 1 aliphatic heterocycles. The fourth-order valence-corrected chi connectivity index (χ4v) is 3.33. The van der Waals surface area contributed by atoms with E-state index in [0.717, 1.165) is 32.4 Å². The van der Waals surface area contributed by atoms with E-state index in [1.54, 1.807) is 48.5 Å². The molecular weight excluding hydrogens is 380 g/mol. The van der Waals surface area contributed by atoms with Crippen LogP contribution in [0.5, 0.6) is 0 Å². The van der Waals surface area contributed by atoms with Gasteiger partial charge in [0.05, 0.1) is 6.54 Å². The summed E-state index contributed by atoms with van der Waals surface area (Å²) in [6.07, 6.45) is 2.94. The summed E-state index contributed by atoms with van der Waals surface area (Å²) in [6, 6.07) is 14.0. The smallest absolute Gasteiger partial charge is 0.253 e. The van der Waals surface area contributed by atoms with Crippen molar-refractivity contribution in [1.29, 1.82) is 0 Å². The van der Waals surface area contributed by atoms with Gasteiger partial charge in [0, 0.05) is 42.1 Å². The first-order valence-electron chi connectivity index (χ1n) is 10.4. The topological polar surface area (TPSA) is 90.5 Å². The highest BCUT2D eigenvalue weighted by Gasteiger charge is 2.19. The zero-order valence-electron chi connectivity index (χ0n) is 17.2. The predicted octanol–water partition coefficient (Wildman–Crippen LogP) is 3.11. The maximum atomic E-state index is 12.5. The zero-order chi connectivity index (χ0) is 21.3. The first-order valence-corrected chi connectivity index (χ1v) is 10.4. The van der Waals surface area contributed by atoms with Gasteiger partial charge in [0.25, 0.3) is 11.8 Å². The molecule has 7 nitrogen and oxygen atoms in total. The molecule has 1 saturated heterocycles. The largest absolute Gasteiger partial charge is 0.376 e. The highest BCUT2D eigenvalue weighted by atomic mass is 16.2. The minimum Gasteiger partial charge on any atom is -0.376 e. The molecule has 0 unspecified atom stereocenters. The molecular formula is C23H28N4O3. The van der Waals surface area contributed by atoms with Gasteiger partial charge in [-0.1, -0.05) is 19.1 Å². The Kier molecular flexibility index (Phi) is 7.43. The number of rotatable bonds is 8. The second-order valence-corrected chi connectivity index (χ2v) is 7.32. The Hall–Kier alpha value is -3.35. The van der Waals surface area contributed by atoms with Gasteiger partial charge in [-0.2, -0.15) is 0 Å². The number of likely N-dealkylation sites (tertiary alicyclic amines) is 1. The van der Waals surface area contributed by atoms with Gasteiger partial charge in [-0.15, -0.1) is 0 Å². The van der Waals surface area contributed by atoms with Crippen LogP contribution in [0.25, 0.3) is 0 Å². The number of hydrogen-bond donors (Lipinski definition) is 3. The Bertz CT molecular complexity index is 907. The molecule has 0 spiro atoms. The number of anilines is 2. The third-order valence-corrected chi connectivity index (χ3v) is 4.90. The van der Waals surface area contributed by atoms with Crippen molar-refractivity contribution in [2.45, 2.75) is 26.2 Å².